The molecular formula is C8H8BrN3S. The fourth-order valence-corrected chi connectivity index (χ4v) is 1.96. The maximum atomic E-state index is 4.21. The van der Waals surface area contributed by atoms with Gasteiger partial charge in [-0.3, -0.25) is 0 Å². The van der Waals surface area contributed by atoms with Gasteiger partial charge in [-0.1, -0.05) is 15.9 Å². The summed E-state index contributed by atoms with van der Waals surface area (Å²) in [4.78, 5) is 8.41. The van der Waals surface area contributed by atoms with Crippen molar-refractivity contribution in [1.29, 1.82) is 0 Å². The average molecular weight is 258 g/mol. The summed E-state index contributed by atoms with van der Waals surface area (Å²) in [7, 11) is 0. The van der Waals surface area contributed by atoms with E-state index in [1.165, 1.54) is 0 Å². The second-order valence-corrected chi connectivity index (χ2v) is 4.14. The molecule has 0 fully saturated rings. The second-order valence-electron chi connectivity index (χ2n) is 2.60. The lowest BCUT2D eigenvalue weighted by Gasteiger charge is -1.95. The van der Waals surface area contributed by atoms with E-state index in [9.17, 15) is 0 Å². The van der Waals surface area contributed by atoms with Crippen LogP contribution in [0.15, 0.2) is 24.1 Å². The third-order valence-corrected chi connectivity index (χ3v) is 2.96. The molecule has 0 atom stereocenters. The van der Waals surface area contributed by atoms with Crippen molar-refractivity contribution in [3.05, 3.63) is 34.8 Å². The maximum Gasteiger partial charge on any atom is 0.112 e. The minimum atomic E-state index is 0.803. The highest BCUT2D eigenvalue weighted by Gasteiger charge is 1.99. The normalized spacial score (nSPS) is 10.5. The van der Waals surface area contributed by atoms with Crippen molar-refractivity contribution < 1.29 is 0 Å². The quantitative estimate of drug-likeness (QED) is 0.791. The zero-order valence-electron chi connectivity index (χ0n) is 6.85. The summed E-state index contributed by atoms with van der Waals surface area (Å²) < 4.78 is 2.04. The Morgan fingerprint density at radius 3 is 3.00 bits per heavy atom. The minimum Gasteiger partial charge on any atom is -0.330 e. The van der Waals surface area contributed by atoms with Crippen molar-refractivity contribution in [2.45, 2.75) is 11.9 Å². The zero-order chi connectivity index (χ0) is 9.10. The highest BCUT2D eigenvalue weighted by atomic mass is 79.9. The van der Waals surface area contributed by atoms with Crippen molar-refractivity contribution in [2.24, 2.45) is 0 Å². The van der Waals surface area contributed by atoms with E-state index in [4.69, 9.17) is 0 Å². The van der Waals surface area contributed by atoms with Gasteiger partial charge in [0.05, 0.1) is 18.6 Å². The predicted molar refractivity (Wildman–Crippen MR) is 56.1 cm³/mol. The van der Waals surface area contributed by atoms with E-state index in [0.29, 0.717) is 0 Å². The van der Waals surface area contributed by atoms with E-state index in [0.717, 1.165) is 22.6 Å². The first kappa shape index (κ1) is 8.90. The van der Waals surface area contributed by atoms with E-state index in [1.807, 2.05) is 28.7 Å². The molecule has 2 rings (SSSR count). The molecule has 2 aromatic heterocycles. The van der Waals surface area contributed by atoms with Crippen molar-refractivity contribution in [2.75, 3.05) is 0 Å². The van der Waals surface area contributed by atoms with Gasteiger partial charge in [-0.15, -0.1) is 11.3 Å². The molecule has 0 amide bonds. The molecule has 5 heteroatoms. The van der Waals surface area contributed by atoms with Crippen LogP contribution in [-0.2, 0) is 11.9 Å². The van der Waals surface area contributed by atoms with Gasteiger partial charge < -0.3 is 4.57 Å². The summed E-state index contributed by atoms with van der Waals surface area (Å²) in [5.74, 6) is 0. The summed E-state index contributed by atoms with van der Waals surface area (Å²) in [6.07, 6.45) is 5.68. The number of imidazole rings is 1. The smallest absolute Gasteiger partial charge is 0.112 e. The third-order valence-electron chi connectivity index (χ3n) is 1.62. The van der Waals surface area contributed by atoms with E-state index in [-0.39, 0.29) is 0 Å². The first-order valence-corrected chi connectivity index (χ1v) is 5.83. The van der Waals surface area contributed by atoms with Crippen LogP contribution in [0, 0.1) is 0 Å². The number of rotatable bonds is 3. The molecule has 0 aromatic carbocycles. The Labute approximate surface area is 88.6 Å². The SMILES string of the molecule is BrCc1cn(Cc2nccs2)cn1. The van der Waals surface area contributed by atoms with Crippen LogP contribution in [0.3, 0.4) is 0 Å². The lowest BCUT2D eigenvalue weighted by atomic mass is 10.5. The fourth-order valence-electron chi connectivity index (χ4n) is 1.05. The molecule has 0 aliphatic rings. The molecular weight excluding hydrogens is 250 g/mol. The number of hydrogen-bond donors (Lipinski definition) is 0. The van der Waals surface area contributed by atoms with Crippen LogP contribution in [0.1, 0.15) is 10.7 Å². The van der Waals surface area contributed by atoms with Crippen molar-refractivity contribution in [1.82, 2.24) is 14.5 Å². The van der Waals surface area contributed by atoms with Gasteiger partial charge in [0.25, 0.3) is 0 Å². The molecule has 0 aliphatic carbocycles. The van der Waals surface area contributed by atoms with E-state index in [1.54, 1.807) is 11.3 Å². The summed E-state index contributed by atoms with van der Waals surface area (Å²) in [6, 6.07) is 0. The lowest BCUT2D eigenvalue weighted by molar-refractivity contribution is 0.790. The van der Waals surface area contributed by atoms with Crippen LogP contribution in [0.2, 0.25) is 0 Å². The average Bonchev–Trinajstić information content (AvgIpc) is 2.76. The number of aromatic nitrogens is 3. The summed E-state index contributed by atoms with van der Waals surface area (Å²) in [5, 5.41) is 3.90. The van der Waals surface area contributed by atoms with Gasteiger partial charge in [-0.2, -0.15) is 0 Å². The first-order valence-electron chi connectivity index (χ1n) is 3.83. The Balaban J connectivity index is 2.10. The maximum absolute atomic E-state index is 4.21. The number of alkyl halides is 1. The van der Waals surface area contributed by atoms with Crippen molar-refractivity contribution in [3.63, 3.8) is 0 Å². The number of thiazole rings is 1. The zero-order valence-corrected chi connectivity index (χ0v) is 9.25. The predicted octanol–water partition coefficient (Wildman–Crippen LogP) is 2.28. The molecule has 0 unspecified atom stereocenters. The molecule has 13 heavy (non-hydrogen) atoms. The standard InChI is InChI=1S/C8H8BrN3S/c9-3-7-4-12(6-11-7)5-8-10-1-2-13-8/h1-2,4,6H,3,5H2. The molecule has 0 saturated carbocycles. The Hall–Kier alpha value is -0.680. The Morgan fingerprint density at radius 1 is 1.46 bits per heavy atom. The largest absolute Gasteiger partial charge is 0.330 e. The second kappa shape index (κ2) is 4.02. The monoisotopic (exact) mass is 257 g/mol. The van der Waals surface area contributed by atoms with Crippen LogP contribution >= 0.6 is 27.3 Å². The van der Waals surface area contributed by atoms with Gasteiger partial charge in [0.15, 0.2) is 0 Å². The molecule has 0 spiro atoms. The van der Waals surface area contributed by atoms with Crippen LogP contribution in [-0.4, -0.2) is 14.5 Å². The van der Waals surface area contributed by atoms with Crippen LogP contribution in [0.25, 0.3) is 0 Å². The summed E-state index contributed by atoms with van der Waals surface area (Å²) in [5.41, 5.74) is 1.05. The van der Waals surface area contributed by atoms with E-state index in [2.05, 4.69) is 25.9 Å². The van der Waals surface area contributed by atoms with Gasteiger partial charge in [0, 0.05) is 23.1 Å². The van der Waals surface area contributed by atoms with Crippen molar-refractivity contribution in [3.8, 4) is 0 Å². The number of hydrogen-bond acceptors (Lipinski definition) is 3. The lowest BCUT2D eigenvalue weighted by Crippen LogP contribution is -1.94. The summed E-state index contributed by atoms with van der Waals surface area (Å²) >= 11 is 5.02. The van der Waals surface area contributed by atoms with Gasteiger partial charge in [-0.25, -0.2) is 9.97 Å². The molecule has 3 nitrogen and oxygen atoms in total. The summed E-state index contributed by atoms with van der Waals surface area (Å²) in [6.45, 7) is 0.817. The third kappa shape index (κ3) is 2.16. The van der Waals surface area contributed by atoms with Gasteiger partial charge in [0.2, 0.25) is 0 Å². The fraction of sp³-hybridized carbons (Fsp3) is 0.250. The van der Waals surface area contributed by atoms with Gasteiger partial charge in [-0.05, 0) is 0 Å². The molecule has 0 N–H and O–H groups in total. The highest BCUT2D eigenvalue weighted by Crippen LogP contribution is 2.08. The Kier molecular flexibility index (Phi) is 2.75. The van der Waals surface area contributed by atoms with Crippen LogP contribution in [0.5, 0.6) is 0 Å². The van der Waals surface area contributed by atoms with E-state index >= 15 is 0 Å². The molecule has 68 valence electrons. The molecule has 0 saturated heterocycles. The van der Waals surface area contributed by atoms with Gasteiger partial charge in [0.1, 0.15) is 5.01 Å². The number of halogens is 1. The highest BCUT2D eigenvalue weighted by molar-refractivity contribution is 9.08. The molecule has 0 aliphatic heterocycles. The molecule has 2 heterocycles. The Bertz CT molecular complexity index is 368. The van der Waals surface area contributed by atoms with Gasteiger partial charge >= 0.3 is 0 Å². The molecule has 0 radical (unpaired) electrons. The number of nitrogens with zero attached hydrogens (tertiary/aromatic N) is 3. The Morgan fingerprint density at radius 2 is 2.38 bits per heavy atom. The first-order chi connectivity index (χ1) is 6.38. The molecule has 0 bridgehead atoms. The minimum absolute atomic E-state index is 0.803. The van der Waals surface area contributed by atoms with Crippen LogP contribution in [0.4, 0.5) is 0 Å². The van der Waals surface area contributed by atoms with Crippen molar-refractivity contribution >= 4 is 27.3 Å². The van der Waals surface area contributed by atoms with Crippen LogP contribution < -0.4 is 0 Å². The molecule has 2 aromatic rings. The topological polar surface area (TPSA) is 30.7 Å². The van der Waals surface area contributed by atoms with E-state index < -0.39 is 0 Å².